The van der Waals surface area contributed by atoms with Crippen LogP contribution in [0.5, 0.6) is 5.75 Å². The number of halogens is 2. The lowest BCUT2D eigenvalue weighted by atomic mass is 10.2. The maximum atomic E-state index is 14.0. The number of methoxy groups -OCH3 is 1. The van der Waals surface area contributed by atoms with Gasteiger partial charge in [0.05, 0.1) is 13.7 Å². The molecule has 4 rings (SSSR count). The molecule has 1 aromatic heterocycles. The quantitative estimate of drug-likeness (QED) is 0.540. The molecular weight excluding hydrogens is 449 g/mol. The van der Waals surface area contributed by atoms with Crippen LogP contribution in [0.3, 0.4) is 0 Å². The number of rotatable bonds is 6. The highest BCUT2D eigenvalue weighted by atomic mass is 35.5. The van der Waals surface area contributed by atoms with Gasteiger partial charge in [-0.25, -0.2) is 4.39 Å². The fourth-order valence-electron chi connectivity index (χ4n) is 3.69. The maximum Gasteiger partial charge on any atom is 0.174 e. The first-order valence-electron chi connectivity index (χ1n) is 10.4. The fourth-order valence-corrected chi connectivity index (χ4v) is 4.20. The average Bonchev–Trinajstić information content (AvgIpc) is 3.24. The second-order valence-electron chi connectivity index (χ2n) is 7.64. The van der Waals surface area contributed by atoms with Crippen molar-refractivity contribution in [2.45, 2.75) is 13.1 Å². The van der Waals surface area contributed by atoms with Crippen LogP contribution in [0, 0.1) is 5.82 Å². The molecule has 32 heavy (non-hydrogen) atoms. The van der Waals surface area contributed by atoms with Gasteiger partial charge in [0, 0.05) is 55.6 Å². The summed E-state index contributed by atoms with van der Waals surface area (Å²) >= 11 is 11.7. The van der Waals surface area contributed by atoms with Gasteiger partial charge in [-0.3, -0.25) is 9.58 Å². The summed E-state index contributed by atoms with van der Waals surface area (Å²) in [5.41, 5.74) is 1.65. The largest absolute Gasteiger partial charge is 0.497 e. The van der Waals surface area contributed by atoms with Crippen LogP contribution in [0.2, 0.25) is 5.02 Å². The van der Waals surface area contributed by atoms with Gasteiger partial charge in [-0.1, -0.05) is 29.8 Å². The molecule has 0 unspecified atom stereocenters. The molecule has 1 N–H and O–H groups in total. The van der Waals surface area contributed by atoms with Gasteiger partial charge in [-0.15, -0.1) is 0 Å². The topological polar surface area (TPSA) is 45.6 Å². The first-order valence-corrected chi connectivity index (χ1v) is 11.2. The van der Waals surface area contributed by atoms with Crippen molar-refractivity contribution in [2.75, 3.05) is 38.6 Å². The molecule has 0 saturated carbocycles. The van der Waals surface area contributed by atoms with Gasteiger partial charge in [-0.05, 0) is 42.0 Å². The van der Waals surface area contributed by atoms with Crippen LogP contribution in [0.15, 0.2) is 54.7 Å². The molecule has 0 aliphatic carbocycles. The molecule has 6 nitrogen and oxygen atoms in total. The van der Waals surface area contributed by atoms with Gasteiger partial charge in [0.2, 0.25) is 0 Å². The molecule has 3 aromatic rings. The zero-order valence-corrected chi connectivity index (χ0v) is 19.4. The Morgan fingerprint density at radius 3 is 2.66 bits per heavy atom. The third-order valence-electron chi connectivity index (χ3n) is 5.46. The smallest absolute Gasteiger partial charge is 0.174 e. The number of anilines is 1. The van der Waals surface area contributed by atoms with E-state index in [4.69, 9.17) is 28.6 Å². The molecule has 2 heterocycles. The lowest BCUT2D eigenvalue weighted by Crippen LogP contribution is -2.49. The molecule has 1 aliphatic rings. The molecule has 0 bridgehead atoms. The number of ether oxygens (including phenoxy) is 1. The third kappa shape index (κ3) is 5.56. The summed E-state index contributed by atoms with van der Waals surface area (Å²) in [5, 5.41) is 8.67. The number of thiocarbonyl (C=S) groups is 1. The van der Waals surface area contributed by atoms with Crippen LogP contribution in [-0.2, 0) is 13.1 Å². The van der Waals surface area contributed by atoms with Crippen LogP contribution in [-0.4, -0.2) is 58.0 Å². The number of hydrogen-bond donors (Lipinski definition) is 1. The van der Waals surface area contributed by atoms with Gasteiger partial charge in [0.1, 0.15) is 11.6 Å². The van der Waals surface area contributed by atoms with E-state index in [1.807, 2.05) is 18.2 Å². The van der Waals surface area contributed by atoms with Gasteiger partial charge in [0.25, 0.3) is 0 Å². The van der Waals surface area contributed by atoms with E-state index in [2.05, 4.69) is 32.3 Å². The monoisotopic (exact) mass is 473 g/mol. The van der Waals surface area contributed by atoms with E-state index in [0.29, 0.717) is 21.5 Å². The highest BCUT2D eigenvalue weighted by Gasteiger charge is 2.20. The number of hydrogen-bond acceptors (Lipinski definition) is 4. The van der Waals surface area contributed by atoms with Crippen LogP contribution < -0.4 is 10.1 Å². The summed E-state index contributed by atoms with van der Waals surface area (Å²) in [6.45, 7) is 4.64. The maximum absolute atomic E-state index is 14.0. The van der Waals surface area contributed by atoms with Crippen LogP contribution in [0.4, 0.5) is 10.2 Å². The van der Waals surface area contributed by atoms with Crippen molar-refractivity contribution >= 4 is 34.7 Å². The number of benzene rings is 2. The molecule has 1 saturated heterocycles. The van der Waals surface area contributed by atoms with E-state index >= 15 is 0 Å². The predicted octanol–water partition coefficient (Wildman–Crippen LogP) is 4.25. The Hall–Kier alpha value is -2.68. The highest BCUT2D eigenvalue weighted by Crippen LogP contribution is 2.20. The molecule has 0 spiro atoms. The molecule has 1 fully saturated rings. The van der Waals surface area contributed by atoms with Crippen molar-refractivity contribution in [3.05, 3.63) is 76.7 Å². The number of aromatic nitrogens is 2. The van der Waals surface area contributed by atoms with E-state index < -0.39 is 0 Å². The van der Waals surface area contributed by atoms with E-state index in [9.17, 15) is 4.39 Å². The molecular formula is C23H25ClFN5OS. The molecule has 168 valence electrons. The SMILES string of the molecule is COc1cccc(CN2CCN(C(=S)Nc3ccn(Cc4c(F)cccc4Cl)n3)CC2)c1. The van der Waals surface area contributed by atoms with Gasteiger partial charge < -0.3 is 15.0 Å². The normalized spacial score (nSPS) is 14.4. The van der Waals surface area contributed by atoms with Gasteiger partial charge >= 0.3 is 0 Å². The van der Waals surface area contributed by atoms with Crippen molar-refractivity contribution < 1.29 is 9.13 Å². The highest BCUT2D eigenvalue weighted by molar-refractivity contribution is 7.80. The number of piperazine rings is 1. The minimum absolute atomic E-state index is 0.253. The van der Waals surface area contributed by atoms with Crippen molar-refractivity contribution in [1.29, 1.82) is 0 Å². The Balaban J connectivity index is 1.28. The molecule has 9 heteroatoms. The standard InChI is InChI=1S/C23H25ClFN5OS/c1-31-18-5-2-4-17(14-18)15-28-10-12-29(13-11-28)23(32)26-22-8-9-30(27-22)16-19-20(24)6-3-7-21(19)25/h2-9,14H,10-13,15-16H2,1H3,(H,26,27,32). The first-order chi connectivity index (χ1) is 15.5. The number of nitrogens with zero attached hydrogens (tertiary/aromatic N) is 4. The molecule has 0 amide bonds. The zero-order valence-electron chi connectivity index (χ0n) is 17.8. The van der Waals surface area contributed by atoms with Crippen molar-refractivity contribution in [3.8, 4) is 5.75 Å². The second-order valence-corrected chi connectivity index (χ2v) is 8.44. The van der Waals surface area contributed by atoms with Crippen LogP contribution >= 0.6 is 23.8 Å². The molecule has 1 aliphatic heterocycles. The van der Waals surface area contributed by atoms with Crippen LogP contribution in [0.25, 0.3) is 0 Å². The minimum atomic E-state index is -0.343. The van der Waals surface area contributed by atoms with E-state index in [1.165, 1.54) is 11.6 Å². The molecule has 2 aromatic carbocycles. The van der Waals surface area contributed by atoms with E-state index in [0.717, 1.165) is 38.5 Å². The summed E-state index contributed by atoms with van der Waals surface area (Å²) in [4.78, 5) is 4.55. The second kappa shape index (κ2) is 10.3. The van der Waals surface area contributed by atoms with Crippen molar-refractivity contribution in [3.63, 3.8) is 0 Å². The Bertz CT molecular complexity index is 1060. The Morgan fingerprint density at radius 2 is 1.91 bits per heavy atom. The minimum Gasteiger partial charge on any atom is -0.497 e. The summed E-state index contributed by atoms with van der Waals surface area (Å²) < 4.78 is 21.0. The zero-order chi connectivity index (χ0) is 22.5. The Kier molecular flexibility index (Phi) is 7.24. The average molecular weight is 474 g/mol. The van der Waals surface area contributed by atoms with Gasteiger partial charge in [0.15, 0.2) is 10.9 Å². The summed E-state index contributed by atoms with van der Waals surface area (Å²) in [6, 6.07) is 14.6. The predicted molar refractivity (Wildman–Crippen MR) is 129 cm³/mol. The first kappa shape index (κ1) is 22.5. The fraction of sp³-hybridized carbons (Fsp3) is 0.304. The van der Waals surface area contributed by atoms with Crippen molar-refractivity contribution in [2.24, 2.45) is 0 Å². The summed E-state index contributed by atoms with van der Waals surface area (Å²) in [5.74, 6) is 1.16. The van der Waals surface area contributed by atoms with Crippen LogP contribution in [0.1, 0.15) is 11.1 Å². The summed E-state index contributed by atoms with van der Waals surface area (Å²) in [6.07, 6.45) is 1.78. The Labute approximate surface area is 197 Å². The van der Waals surface area contributed by atoms with E-state index in [1.54, 1.807) is 30.1 Å². The van der Waals surface area contributed by atoms with Gasteiger partial charge in [-0.2, -0.15) is 5.10 Å². The third-order valence-corrected chi connectivity index (χ3v) is 6.17. The lowest BCUT2D eigenvalue weighted by Gasteiger charge is -2.36. The molecule has 0 radical (unpaired) electrons. The lowest BCUT2D eigenvalue weighted by molar-refractivity contribution is 0.177. The number of nitrogens with one attached hydrogen (secondary N) is 1. The summed E-state index contributed by atoms with van der Waals surface area (Å²) in [7, 11) is 1.68. The molecule has 0 atom stereocenters. The van der Waals surface area contributed by atoms with E-state index in [-0.39, 0.29) is 12.4 Å². The Morgan fingerprint density at radius 1 is 1.12 bits per heavy atom. The van der Waals surface area contributed by atoms with Crippen molar-refractivity contribution in [1.82, 2.24) is 19.6 Å².